The van der Waals surface area contributed by atoms with Crippen LogP contribution in [-0.2, 0) is 0 Å². The summed E-state index contributed by atoms with van der Waals surface area (Å²) in [5.41, 5.74) is 6.72. The molecule has 1 heterocycles. The number of benzene rings is 1. The van der Waals surface area contributed by atoms with Gasteiger partial charge in [0.1, 0.15) is 12.4 Å². The van der Waals surface area contributed by atoms with Gasteiger partial charge in [-0.15, -0.1) is 0 Å². The van der Waals surface area contributed by atoms with Crippen LogP contribution in [0.2, 0.25) is 0 Å². The van der Waals surface area contributed by atoms with Crippen LogP contribution in [0.5, 0.6) is 5.75 Å². The van der Waals surface area contributed by atoms with Crippen molar-refractivity contribution < 1.29 is 9.84 Å². The summed E-state index contributed by atoms with van der Waals surface area (Å²) >= 11 is 0. The molecule has 4 heteroatoms. The summed E-state index contributed by atoms with van der Waals surface area (Å²) in [5.74, 6) is 0.790. The molecule has 0 unspecified atom stereocenters. The van der Waals surface area contributed by atoms with Crippen LogP contribution in [0.15, 0.2) is 24.3 Å². The zero-order valence-electron chi connectivity index (χ0n) is 10.7. The van der Waals surface area contributed by atoms with Crippen LogP contribution in [0.4, 0.5) is 0 Å². The lowest BCUT2D eigenvalue weighted by molar-refractivity contribution is 0.230. The molecular formula is C14H22N2O2. The third-order valence-electron chi connectivity index (χ3n) is 3.38. The monoisotopic (exact) mass is 250 g/mol. The van der Waals surface area contributed by atoms with Crippen LogP contribution in [0.3, 0.4) is 0 Å². The van der Waals surface area contributed by atoms with Gasteiger partial charge in [-0.05, 0) is 32.0 Å². The van der Waals surface area contributed by atoms with E-state index in [0.717, 1.165) is 17.9 Å². The van der Waals surface area contributed by atoms with Crippen LogP contribution < -0.4 is 10.5 Å². The Kier molecular flexibility index (Phi) is 4.99. The first kappa shape index (κ1) is 13.3. The molecule has 0 aromatic heterocycles. The van der Waals surface area contributed by atoms with Crippen LogP contribution in [0.25, 0.3) is 0 Å². The quantitative estimate of drug-likeness (QED) is 0.795. The third-order valence-corrected chi connectivity index (χ3v) is 3.38. The molecule has 1 saturated heterocycles. The molecule has 3 N–H and O–H groups in total. The number of hydrogen-bond donors (Lipinski definition) is 2. The summed E-state index contributed by atoms with van der Waals surface area (Å²) in [6, 6.07) is 7.30. The second-order valence-electron chi connectivity index (χ2n) is 4.72. The van der Waals surface area contributed by atoms with Gasteiger partial charge in [0.05, 0.1) is 12.6 Å². The largest absolute Gasteiger partial charge is 0.492 e. The van der Waals surface area contributed by atoms with Gasteiger partial charge in [-0.25, -0.2) is 0 Å². The summed E-state index contributed by atoms with van der Waals surface area (Å²) in [7, 11) is 0. The molecule has 1 aliphatic rings. The highest BCUT2D eigenvalue weighted by Crippen LogP contribution is 2.23. The Labute approximate surface area is 108 Å². The Balaban J connectivity index is 1.87. The van der Waals surface area contributed by atoms with Gasteiger partial charge in [-0.3, -0.25) is 4.90 Å². The number of nitrogens with zero attached hydrogens (tertiary/aromatic N) is 1. The highest BCUT2D eigenvalue weighted by Gasteiger charge is 2.13. The molecule has 0 bridgehead atoms. The molecule has 0 amide bonds. The lowest BCUT2D eigenvalue weighted by Crippen LogP contribution is -2.25. The summed E-state index contributed by atoms with van der Waals surface area (Å²) in [4.78, 5) is 2.41. The summed E-state index contributed by atoms with van der Waals surface area (Å²) in [5, 5.41) is 9.12. The number of hydrogen-bond acceptors (Lipinski definition) is 4. The van der Waals surface area contributed by atoms with E-state index in [1.54, 1.807) is 0 Å². The standard InChI is InChI=1S/C14H22N2O2/c15-13(11-17)12-5-1-2-6-14(12)18-10-9-16-7-3-4-8-16/h1-2,5-6,13,17H,3-4,7-11,15H2/t13-/m1/s1. The first-order valence-corrected chi connectivity index (χ1v) is 6.62. The molecule has 1 aliphatic heterocycles. The Bertz CT molecular complexity index is 365. The highest BCUT2D eigenvalue weighted by atomic mass is 16.5. The molecule has 2 rings (SSSR count). The summed E-state index contributed by atoms with van der Waals surface area (Å²) in [6.45, 7) is 3.94. The minimum Gasteiger partial charge on any atom is -0.492 e. The number of rotatable bonds is 6. The fourth-order valence-electron chi connectivity index (χ4n) is 2.31. The van der Waals surface area contributed by atoms with Gasteiger partial charge in [-0.1, -0.05) is 18.2 Å². The van der Waals surface area contributed by atoms with Gasteiger partial charge in [-0.2, -0.15) is 0 Å². The van der Waals surface area contributed by atoms with Crippen LogP contribution in [-0.4, -0.2) is 42.9 Å². The normalized spacial score (nSPS) is 17.9. The topological polar surface area (TPSA) is 58.7 Å². The zero-order chi connectivity index (χ0) is 12.8. The molecule has 0 aliphatic carbocycles. The number of aliphatic hydroxyl groups excluding tert-OH is 1. The molecular weight excluding hydrogens is 228 g/mol. The number of nitrogens with two attached hydrogens (primary N) is 1. The molecule has 0 spiro atoms. The predicted octanol–water partition coefficient (Wildman–Crippen LogP) is 1.15. The third kappa shape index (κ3) is 3.45. The van der Waals surface area contributed by atoms with Crippen molar-refractivity contribution in [2.45, 2.75) is 18.9 Å². The van der Waals surface area contributed by atoms with Crippen LogP contribution in [0, 0.1) is 0 Å². The molecule has 4 nitrogen and oxygen atoms in total. The predicted molar refractivity (Wildman–Crippen MR) is 71.6 cm³/mol. The van der Waals surface area contributed by atoms with Gasteiger partial charge in [0, 0.05) is 12.1 Å². The van der Waals surface area contributed by atoms with E-state index in [4.69, 9.17) is 15.6 Å². The molecule has 0 saturated carbocycles. The van der Waals surface area contributed by atoms with Crippen LogP contribution in [0.1, 0.15) is 24.4 Å². The van der Waals surface area contributed by atoms with Gasteiger partial charge in [0.25, 0.3) is 0 Å². The van der Waals surface area contributed by atoms with E-state index in [9.17, 15) is 0 Å². The van der Waals surface area contributed by atoms with Crippen molar-refractivity contribution in [3.63, 3.8) is 0 Å². The van der Waals surface area contributed by atoms with E-state index in [2.05, 4.69) is 4.90 Å². The number of ether oxygens (including phenoxy) is 1. The van der Waals surface area contributed by atoms with Gasteiger partial charge < -0.3 is 15.6 Å². The van der Waals surface area contributed by atoms with Crippen molar-refractivity contribution in [1.29, 1.82) is 0 Å². The molecule has 0 radical (unpaired) electrons. The maximum atomic E-state index is 9.12. The van der Waals surface area contributed by atoms with E-state index in [1.807, 2.05) is 24.3 Å². The molecule has 100 valence electrons. The molecule has 1 atom stereocenters. The van der Waals surface area contributed by atoms with Crippen molar-refractivity contribution >= 4 is 0 Å². The first-order valence-electron chi connectivity index (χ1n) is 6.62. The molecule has 18 heavy (non-hydrogen) atoms. The maximum Gasteiger partial charge on any atom is 0.124 e. The lowest BCUT2D eigenvalue weighted by atomic mass is 10.1. The van der Waals surface area contributed by atoms with E-state index >= 15 is 0 Å². The van der Waals surface area contributed by atoms with Crippen molar-refractivity contribution in [2.75, 3.05) is 32.8 Å². The Morgan fingerprint density at radius 3 is 2.72 bits per heavy atom. The maximum absolute atomic E-state index is 9.12. The molecule has 1 fully saturated rings. The van der Waals surface area contributed by atoms with Crippen LogP contribution >= 0.6 is 0 Å². The van der Waals surface area contributed by atoms with E-state index < -0.39 is 0 Å². The highest BCUT2D eigenvalue weighted by molar-refractivity contribution is 5.35. The van der Waals surface area contributed by atoms with E-state index in [-0.39, 0.29) is 12.6 Å². The van der Waals surface area contributed by atoms with E-state index in [0.29, 0.717) is 6.61 Å². The molecule has 1 aromatic carbocycles. The summed E-state index contributed by atoms with van der Waals surface area (Å²) < 4.78 is 5.79. The smallest absolute Gasteiger partial charge is 0.124 e. The Hall–Kier alpha value is -1.10. The van der Waals surface area contributed by atoms with Crippen molar-refractivity contribution in [3.8, 4) is 5.75 Å². The first-order chi connectivity index (χ1) is 8.81. The van der Waals surface area contributed by atoms with Crippen molar-refractivity contribution in [1.82, 2.24) is 4.90 Å². The summed E-state index contributed by atoms with van der Waals surface area (Å²) in [6.07, 6.45) is 2.60. The fraction of sp³-hybridized carbons (Fsp3) is 0.571. The van der Waals surface area contributed by atoms with Gasteiger partial charge in [0.2, 0.25) is 0 Å². The lowest BCUT2D eigenvalue weighted by Gasteiger charge is -2.18. The van der Waals surface area contributed by atoms with Crippen molar-refractivity contribution in [3.05, 3.63) is 29.8 Å². The Morgan fingerprint density at radius 1 is 1.28 bits per heavy atom. The van der Waals surface area contributed by atoms with Crippen molar-refractivity contribution in [2.24, 2.45) is 5.73 Å². The number of likely N-dealkylation sites (tertiary alicyclic amines) is 1. The Morgan fingerprint density at radius 2 is 2.00 bits per heavy atom. The second kappa shape index (κ2) is 6.73. The second-order valence-corrected chi connectivity index (χ2v) is 4.72. The minimum atomic E-state index is -0.368. The molecule has 1 aromatic rings. The van der Waals surface area contributed by atoms with Gasteiger partial charge in [0.15, 0.2) is 0 Å². The number of para-hydroxylation sites is 1. The number of aliphatic hydroxyl groups is 1. The van der Waals surface area contributed by atoms with E-state index in [1.165, 1.54) is 25.9 Å². The fourth-order valence-corrected chi connectivity index (χ4v) is 2.31. The average molecular weight is 250 g/mol. The zero-order valence-corrected chi connectivity index (χ0v) is 10.7. The van der Waals surface area contributed by atoms with Gasteiger partial charge >= 0.3 is 0 Å². The minimum absolute atomic E-state index is 0.0630. The average Bonchev–Trinajstić information content (AvgIpc) is 2.92. The SMILES string of the molecule is N[C@H](CO)c1ccccc1OCCN1CCCC1.